The molecule has 0 aliphatic heterocycles. The summed E-state index contributed by atoms with van der Waals surface area (Å²) in [5.74, 6) is -2.23. The Morgan fingerprint density at radius 3 is 2.14 bits per heavy atom. The van der Waals surface area contributed by atoms with E-state index in [0.29, 0.717) is 51.6 Å². The molecule has 44 heavy (non-hydrogen) atoms. The lowest BCUT2D eigenvalue weighted by atomic mass is 10.1. The number of carbonyl (C=O) groups is 4. The molecule has 238 valence electrons. The molecule has 0 bridgehead atoms. The van der Waals surface area contributed by atoms with Crippen LogP contribution in [0.1, 0.15) is 34.1 Å². The summed E-state index contributed by atoms with van der Waals surface area (Å²) in [6.45, 7) is 5.71. The van der Waals surface area contributed by atoms with Crippen molar-refractivity contribution in [1.82, 2.24) is 25.2 Å². The van der Waals surface area contributed by atoms with Gasteiger partial charge in [0.1, 0.15) is 11.7 Å². The lowest BCUT2D eigenvalue weighted by Crippen LogP contribution is -2.50. The molecule has 11 nitrogen and oxygen atoms in total. The van der Waals surface area contributed by atoms with E-state index in [1.165, 1.54) is 11.5 Å². The van der Waals surface area contributed by atoms with Crippen molar-refractivity contribution in [2.45, 2.75) is 39.3 Å². The molecule has 0 radical (unpaired) electrons. The summed E-state index contributed by atoms with van der Waals surface area (Å²) in [4.78, 5) is 50.5. The predicted molar refractivity (Wildman–Crippen MR) is 178 cm³/mol. The van der Waals surface area contributed by atoms with Gasteiger partial charge >= 0.3 is 0 Å². The largest absolute Gasteiger partial charge is 0.339 e. The molecule has 2 atom stereocenters. The monoisotopic (exact) mass is 681 g/mol. The van der Waals surface area contributed by atoms with E-state index >= 15 is 0 Å². The first-order chi connectivity index (χ1) is 20.8. The predicted octanol–water partition coefficient (Wildman–Crippen LogP) is 2.03. The van der Waals surface area contributed by atoms with Crippen molar-refractivity contribution in [3.63, 3.8) is 0 Å². The number of nitrogens with one attached hydrogen (secondary N) is 4. The molecular weight excluding hydrogens is 646 g/mol. The van der Waals surface area contributed by atoms with Gasteiger partial charge in [0.05, 0.1) is 24.0 Å². The van der Waals surface area contributed by atoms with Gasteiger partial charge in [-0.3, -0.25) is 28.5 Å². The molecule has 0 unspecified atom stereocenters. The second-order valence-corrected chi connectivity index (χ2v) is 13.1. The third-order valence-electron chi connectivity index (χ3n) is 6.91. The van der Waals surface area contributed by atoms with Crippen LogP contribution in [0.4, 0.5) is 0 Å². The summed E-state index contributed by atoms with van der Waals surface area (Å²) in [7, 11) is -4.25. The molecule has 1 heterocycles. The first kappa shape index (κ1) is 35.6. The normalized spacial score (nSPS) is 13.0. The van der Waals surface area contributed by atoms with Crippen LogP contribution in [0.2, 0.25) is 5.02 Å². The van der Waals surface area contributed by atoms with E-state index < -0.39 is 39.8 Å². The van der Waals surface area contributed by atoms with Crippen molar-refractivity contribution in [1.29, 1.82) is 0 Å². The summed E-state index contributed by atoms with van der Waals surface area (Å²) < 4.78 is 28.9. The summed E-state index contributed by atoms with van der Waals surface area (Å²) in [6.07, 6.45) is -0.318. The third-order valence-corrected chi connectivity index (χ3v) is 8.95. The van der Waals surface area contributed by atoms with E-state index in [0.717, 1.165) is 5.56 Å². The van der Waals surface area contributed by atoms with Gasteiger partial charge in [0.2, 0.25) is 11.8 Å². The molecular formula is C29H36ClN5O6S3. The summed E-state index contributed by atoms with van der Waals surface area (Å²) in [6, 6.07) is 10.7. The highest BCUT2D eigenvalue weighted by Crippen LogP contribution is 2.29. The maximum atomic E-state index is 13.4. The molecule has 1 aromatic heterocycles. The van der Waals surface area contributed by atoms with Gasteiger partial charge in [-0.25, -0.2) is 8.42 Å². The van der Waals surface area contributed by atoms with Crippen LogP contribution < -0.4 is 20.7 Å². The summed E-state index contributed by atoms with van der Waals surface area (Å²) in [5.41, 5.74) is 2.86. The minimum absolute atomic E-state index is 0.0572. The maximum absolute atomic E-state index is 13.4. The van der Waals surface area contributed by atoms with Gasteiger partial charge < -0.3 is 16.0 Å². The number of amides is 2. The number of ketones is 1. The minimum atomic E-state index is -4.25. The molecule has 0 aliphatic carbocycles. The number of fused-ring (bicyclic) bond motifs is 1. The first-order valence-corrected chi connectivity index (χ1v) is 17.0. The van der Waals surface area contributed by atoms with Crippen LogP contribution in [0.15, 0.2) is 42.5 Å². The molecule has 0 saturated carbocycles. The van der Waals surface area contributed by atoms with Crippen LogP contribution in [0, 0.1) is 13.8 Å². The van der Waals surface area contributed by atoms with Gasteiger partial charge in [-0.15, -0.1) is 0 Å². The molecule has 2 aromatic carbocycles. The van der Waals surface area contributed by atoms with E-state index in [2.05, 4.69) is 41.2 Å². The highest BCUT2D eigenvalue weighted by molar-refractivity contribution is 7.90. The van der Waals surface area contributed by atoms with Gasteiger partial charge in [0.25, 0.3) is 15.9 Å². The van der Waals surface area contributed by atoms with Gasteiger partial charge in [-0.2, -0.15) is 25.3 Å². The minimum Gasteiger partial charge on any atom is -0.339 e. The third kappa shape index (κ3) is 9.31. The van der Waals surface area contributed by atoms with Gasteiger partial charge in [0, 0.05) is 46.3 Å². The Bertz CT molecular complexity index is 1640. The van der Waals surface area contributed by atoms with Gasteiger partial charge in [0.15, 0.2) is 0 Å². The number of nitrogens with zero attached hydrogens (tertiary/aromatic N) is 1. The molecule has 0 saturated heterocycles. The average molecular weight is 682 g/mol. The highest BCUT2D eigenvalue weighted by atomic mass is 35.5. The molecule has 0 aliphatic rings. The number of benzene rings is 2. The zero-order valence-electron chi connectivity index (χ0n) is 24.5. The Balaban J connectivity index is 1.66. The van der Waals surface area contributed by atoms with Crippen LogP contribution in [-0.4, -0.2) is 79.0 Å². The number of thiol groups is 2. The standard InChI is InChI=1S/C29H36ClN5O6S3/c1-17-4-9-26-23(12-17)22(18(2)35(26)29(39)20-5-7-21(30)8-6-20)13-27(37)34-44(40,41)16-33-28(38)25(15-43)32-11-10-31-24(14-42)19(3)36/h4-9,12,24-25,31-32,42-43H,10-11,13-16H2,1-3H3,(H,33,38)(H,34,37)/t24-,25-/m0/s1. The van der Waals surface area contributed by atoms with Crippen LogP contribution in [0.25, 0.3) is 10.9 Å². The quantitative estimate of drug-likeness (QED) is 0.105. The lowest BCUT2D eigenvalue weighted by molar-refractivity contribution is -0.122. The Kier molecular flexibility index (Phi) is 12.9. The summed E-state index contributed by atoms with van der Waals surface area (Å²) in [5, 5.41) is 9.40. The van der Waals surface area contributed by atoms with E-state index in [4.69, 9.17) is 11.6 Å². The lowest BCUT2D eigenvalue weighted by Gasteiger charge is -2.18. The average Bonchev–Trinajstić information content (AvgIpc) is 3.23. The van der Waals surface area contributed by atoms with E-state index in [-0.39, 0.29) is 23.9 Å². The Morgan fingerprint density at radius 2 is 1.55 bits per heavy atom. The Hall–Kier alpha value is -2.88. The number of hydrogen-bond acceptors (Lipinski definition) is 10. The number of Topliss-reactive ketones (excluding diaryl/α,β-unsaturated/α-hetero) is 1. The number of hydrogen-bond donors (Lipinski definition) is 6. The molecule has 4 N–H and O–H groups in total. The van der Waals surface area contributed by atoms with Gasteiger partial charge in [-0.05, 0) is 62.7 Å². The SMILES string of the molecule is CC(=O)[C@H](CS)NCCN[C@@H](CS)C(=O)NCS(=O)(=O)NC(=O)Cc1c(C)n(C(=O)c2ccc(Cl)cc2)c2ccc(C)cc12. The van der Waals surface area contributed by atoms with Crippen molar-refractivity contribution in [2.75, 3.05) is 30.5 Å². The number of aromatic nitrogens is 1. The highest BCUT2D eigenvalue weighted by Gasteiger charge is 2.25. The number of halogens is 1. The van der Waals surface area contributed by atoms with Crippen LogP contribution in [-0.2, 0) is 30.8 Å². The first-order valence-electron chi connectivity index (χ1n) is 13.7. The molecule has 0 spiro atoms. The second kappa shape index (κ2) is 15.9. The van der Waals surface area contributed by atoms with Crippen molar-refractivity contribution in [3.8, 4) is 0 Å². The fourth-order valence-corrected chi connectivity index (χ4v) is 6.20. The van der Waals surface area contributed by atoms with Crippen LogP contribution >= 0.6 is 36.9 Å². The molecule has 2 amide bonds. The Labute approximate surface area is 272 Å². The van der Waals surface area contributed by atoms with Crippen LogP contribution in [0.5, 0.6) is 0 Å². The van der Waals surface area contributed by atoms with E-state index in [1.54, 1.807) is 37.3 Å². The number of sulfonamides is 1. The number of rotatable bonds is 15. The van der Waals surface area contributed by atoms with E-state index in [1.807, 2.05) is 23.8 Å². The fraction of sp³-hybridized carbons (Fsp3) is 0.379. The zero-order chi connectivity index (χ0) is 32.6. The zero-order valence-corrected chi connectivity index (χ0v) is 27.9. The van der Waals surface area contributed by atoms with Crippen LogP contribution in [0.3, 0.4) is 0 Å². The maximum Gasteiger partial charge on any atom is 0.262 e. The molecule has 3 aromatic rings. The number of carbonyl (C=O) groups excluding carboxylic acids is 4. The smallest absolute Gasteiger partial charge is 0.262 e. The second-order valence-electron chi connectivity index (χ2n) is 10.2. The molecule has 3 rings (SSSR count). The van der Waals surface area contributed by atoms with Crippen molar-refractivity contribution >= 4 is 81.3 Å². The van der Waals surface area contributed by atoms with Crippen molar-refractivity contribution < 1.29 is 27.6 Å². The Morgan fingerprint density at radius 1 is 0.932 bits per heavy atom. The van der Waals surface area contributed by atoms with Crippen molar-refractivity contribution in [2.24, 2.45) is 0 Å². The van der Waals surface area contributed by atoms with E-state index in [9.17, 15) is 27.6 Å². The number of aryl methyl sites for hydroxylation is 1. The van der Waals surface area contributed by atoms with Crippen molar-refractivity contribution in [3.05, 3.63) is 69.9 Å². The fourth-order valence-electron chi connectivity index (χ4n) is 4.57. The topological polar surface area (TPSA) is 155 Å². The molecule has 0 fully saturated rings. The summed E-state index contributed by atoms with van der Waals surface area (Å²) >= 11 is 14.2. The molecule has 15 heteroatoms. The van der Waals surface area contributed by atoms with Gasteiger partial charge in [-0.1, -0.05) is 23.2 Å².